The zero-order chi connectivity index (χ0) is 20.3. The zero-order valence-corrected chi connectivity index (χ0v) is 15.9. The van der Waals surface area contributed by atoms with Crippen molar-refractivity contribution in [2.75, 3.05) is 5.32 Å². The SMILES string of the molecule is CC1(C)O[C@@H]2O[C@H](C(=O)Nc3ccc([N+](=O)[O-])cc3)[C@@H]3OC(C)(C)O[C@@H]3[C@@H]2O1. The number of anilines is 1. The molecule has 1 aromatic rings. The number of carbonyl (C=O) groups excluding carboxylic acids is 1. The minimum Gasteiger partial charge on any atom is -0.342 e. The van der Waals surface area contributed by atoms with Crippen LogP contribution in [-0.2, 0) is 28.5 Å². The Labute approximate surface area is 161 Å². The van der Waals surface area contributed by atoms with Crippen LogP contribution >= 0.6 is 0 Å². The maximum Gasteiger partial charge on any atom is 0.269 e. The van der Waals surface area contributed by atoms with E-state index in [0.717, 1.165) is 0 Å². The largest absolute Gasteiger partial charge is 0.342 e. The summed E-state index contributed by atoms with van der Waals surface area (Å²) in [7, 11) is 0. The van der Waals surface area contributed by atoms with Crippen LogP contribution < -0.4 is 5.32 Å². The summed E-state index contributed by atoms with van der Waals surface area (Å²) in [5, 5.41) is 13.5. The molecule has 3 fully saturated rings. The number of nitro groups is 1. The number of fused-ring (bicyclic) bond motifs is 3. The maximum atomic E-state index is 12.9. The van der Waals surface area contributed by atoms with E-state index in [1.54, 1.807) is 27.7 Å². The van der Waals surface area contributed by atoms with Crippen molar-refractivity contribution in [1.29, 1.82) is 0 Å². The molecule has 1 aromatic carbocycles. The molecule has 28 heavy (non-hydrogen) atoms. The van der Waals surface area contributed by atoms with E-state index in [9.17, 15) is 14.9 Å². The van der Waals surface area contributed by atoms with Crippen molar-refractivity contribution in [1.82, 2.24) is 0 Å². The van der Waals surface area contributed by atoms with Crippen molar-refractivity contribution in [3.63, 3.8) is 0 Å². The maximum absolute atomic E-state index is 12.9. The number of ether oxygens (including phenoxy) is 5. The molecular formula is C18H22N2O8. The molecule has 0 bridgehead atoms. The molecule has 10 heteroatoms. The summed E-state index contributed by atoms with van der Waals surface area (Å²) < 4.78 is 29.4. The second-order valence-electron chi connectivity index (χ2n) is 7.88. The van der Waals surface area contributed by atoms with Gasteiger partial charge in [-0.15, -0.1) is 0 Å². The fourth-order valence-corrected chi connectivity index (χ4v) is 3.70. The van der Waals surface area contributed by atoms with Crippen LogP contribution in [0.15, 0.2) is 24.3 Å². The highest BCUT2D eigenvalue weighted by atomic mass is 16.9. The molecule has 3 aliphatic rings. The fourth-order valence-electron chi connectivity index (χ4n) is 3.70. The molecular weight excluding hydrogens is 372 g/mol. The first-order valence-corrected chi connectivity index (χ1v) is 8.97. The number of benzene rings is 1. The summed E-state index contributed by atoms with van der Waals surface area (Å²) in [5.41, 5.74) is 0.336. The standard InChI is InChI=1S/C18H22N2O8/c1-17(2)25-11-12(26-17)14-16(28-18(3,4)27-14)24-13(11)15(21)19-9-5-7-10(8-6-9)20(22)23/h5-8,11-14,16H,1-4H3,(H,19,21)/t11-,12+,13+,14+,16+/m1/s1. The van der Waals surface area contributed by atoms with E-state index in [-0.39, 0.29) is 5.69 Å². The van der Waals surface area contributed by atoms with Crippen molar-refractivity contribution < 1.29 is 33.4 Å². The molecule has 0 aromatic heterocycles. The van der Waals surface area contributed by atoms with E-state index in [2.05, 4.69) is 5.32 Å². The molecule has 0 spiro atoms. The molecule has 0 saturated carbocycles. The van der Waals surface area contributed by atoms with Crippen LogP contribution in [0.25, 0.3) is 0 Å². The lowest BCUT2D eigenvalue weighted by atomic mass is 9.98. The lowest BCUT2D eigenvalue weighted by molar-refractivity contribution is -0.384. The molecule has 3 saturated heterocycles. The Kier molecular flexibility index (Phi) is 4.43. The molecule has 1 amide bonds. The Morgan fingerprint density at radius 2 is 1.54 bits per heavy atom. The molecule has 152 valence electrons. The van der Waals surface area contributed by atoms with Gasteiger partial charge in [-0.25, -0.2) is 0 Å². The molecule has 0 unspecified atom stereocenters. The van der Waals surface area contributed by atoms with Crippen LogP contribution in [0.1, 0.15) is 27.7 Å². The Bertz CT molecular complexity index is 793. The molecule has 1 N–H and O–H groups in total. The van der Waals surface area contributed by atoms with Crippen LogP contribution in [0.5, 0.6) is 0 Å². The highest BCUT2D eigenvalue weighted by Gasteiger charge is 2.62. The van der Waals surface area contributed by atoms with Crippen molar-refractivity contribution in [2.45, 2.75) is 70.0 Å². The Balaban J connectivity index is 1.54. The normalized spacial score (nSPS) is 35.1. The smallest absolute Gasteiger partial charge is 0.269 e. The first-order chi connectivity index (χ1) is 13.0. The molecule has 0 aliphatic carbocycles. The van der Waals surface area contributed by atoms with Gasteiger partial charge in [0.25, 0.3) is 11.6 Å². The van der Waals surface area contributed by atoms with Crippen LogP contribution in [0.2, 0.25) is 0 Å². The minimum atomic E-state index is -0.999. The van der Waals surface area contributed by atoms with Gasteiger partial charge in [-0.3, -0.25) is 14.9 Å². The van der Waals surface area contributed by atoms with E-state index in [1.807, 2.05) is 0 Å². The topological polar surface area (TPSA) is 118 Å². The predicted octanol–water partition coefficient (Wildman–Crippen LogP) is 1.93. The van der Waals surface area contributed by atoms with Gasteiger partial charge in [0.05, 0.1) is 4.92 Å². The molecule has 4 rings (SSSR count). The molecule has 10 nitrogen and oxygen atoms in total. The number of nitrogens with one attached hydrogen (secondary N) is 1. The summed E-state index contributed by atoms with van der Waals surface area (Å²) in [5.74, 6) is -2.24. The van der Waals surface area contributed by atoms with Gasteiger partial charge in [0.2, 0.25) is 0 Å². The summed E-state index contributed by atoms with van der Waals surface area (Å²) in [6.45, 7) is 7.03. The van der Waals surface area contributed by atoms with E-state index in [4.69, 9.17) is 23.7 Å². The number of nitro benzene ring substituents is 1. The average molecular weight is 394 g/mol. The van der Waals surface area contributed by atoms with Crippen molar-refractivity contribution >= 4 is 17.3 Å². The minimum absolute atomic E-state index is 0.0668. The Morgan fingerprint density at radius 3 is 2.18 bits per heavy atom. The van der Waals surface area contributed by atoms with Gasteiger partial charge in [0.15, 0.2) is 24.0 Å². The van der Waals surface area contributed by atoms with Crippen molar-refractivity contribution in [2.24, 2.45) is 0 Å². The monoisotopic (exact) mass is 394 g/mol. The van der Waals surface area contributed by atoms with E-state index < -0.39 is 53.1 Å². The van der Waals surface area contributed by atoms with Crippen LogP contribution in [0.3, 0.4) is 0 Å². The summed E-state index contributed by atoms with van der Waals surface area (Å²) in [6.07, 6.45) is -3.53. The molecule has 5 atom stereocenters. The number of hydrogen-bond donors (Lipinski definition) is 1. The van der Waals surface area contributed by atoms with Crippen LogP contribution in [-0.4, -0.2) is 53.1 Å². The third kappa shape index (κ3) is 3.49. The van der Waals surface area contributed by atoms with Gasteiger partial charge in [-0.2, -0.15) is 0 Å². The third-order valence-electron chi connectivity index (χ3n) is 4.76. The van der Waals surface area contributed by atoms with Crippen molar-refractivity contribution in [3.05, 3.63) is 34.4 Å². The Hall–Kier alpha value is -2.11. The number of amides is 1. The second kappa shape index (κ2) is 6.46. The number of rotatable bonds is 3. The van der Waals surface area contributed by atoms with Crippen LogP contribution in [0.4, 0.5) is 11.4 Å². The van der Waals surface area contributed by atoms with Gasteiger partial charge in [-0.05, 0) is 39.8 Å². The average Bonchev–Trinajstić information content (AvgIpc) is 3.08. The van der Waals surface area contributed by atoms with E-state index >= 15 is 0 Å². The highest BCUT2D eigenvalue weighted by Crippen LogP contribution is 2.44. The fraction of sp³-hybridized carbons (Fsp3) is 0.611. The second-order valence-corrected chi connectivity index (χ2v) is 7.88. The number of hydrogen-bond acceptors (Lipinski definition) is 8. The summed E-state index contributed by atoms with van der Waals surface area (Å²) in [6, 6.07) is 5.52. The quantitative estimate of drug-likeness (QED) is 0.610. The molecule has 3 heterocycles. The van der Waals surface area contributed by atoms with Gasteiger partial charge in [0, 0.05) is 17.8 Å². The van der Waals surface area contributed by atoms with E-state index in [1.165, 1.54) is 24.3 Å². The van der Waals surface area contributed by atoms with Gasteiger partial charge in [-0.1, -0.05) is 0 Å². The van der Waals surface area contributed by atoms with Crippen molar-refractivity contribution in [3.8, 4) is 0 Å². The molecule has 3 aliphatic heterocycles. The van der Waals surface area contributed by atoms with Gasteiger partial charge < -0.3 is 29.0 Å². The number of non-ortho nitro benzene ring substituents is 1. The molecule has 0 radical (unpaired) electrons. The zero-order valence-electron chi connectivity index (χ0n) is 15.9. The first kappa shape index (κ1) is 19.2. The summed E-state index contributed by atoms with van der Waals surface area (Å²) in [4.78, 5) is 23.1. The first-order valence-electron chi connectivity index (χ1n) is 8.97. The lowest BCUT2D eigenvalue weighted by Crippen LogP contribution is -2.58. The summed E-state index contributed by atoms with van der Waals surface area (Å²) >= 11 is 0. The van der Waals surface area contributed by atoms with Gasteiger partial charge in [0.1, 0.15) is 18.3 Å². The predicted molar refractivity (Wildman–Crippen MR) is 94.2 cm³/mol. The highest BCUT2D eigenvalue weighted by molar-refractivity contribution is 5.95. The van der Waals surface area contributed by atoms with E-state index in [0.29, 0.717) is 5.69 Å². The lowest BCUT2D eigenvalue weighted by Gasteiger charge is -2.36. The number of carbonyl (C=O) groups is 1. The third-order valence-corrected chi connectivity index (χ3v) is 4.76. The number of nitrogens with zero attached hydrogens (tertiary/aromatic N) is 1. The Morgan fingerprint density at radius 1 is 0.964 bits per heavy atom. The van der Waals surface area contributed by atoms with Gasteiger partial charge >= 0.3 is 0 Å². The van der Waals surface area contributed by atoms with Crippen LogP contribution in [0, 0.1) is 10.1 Å².